The van der Waals surface area contributed by atoms with Gasteiger partial charge in [-0.3, -0.25) is 4.79 Å². The van der Waals surface area contributed by atoms with Crippen LogP contribution >= 0.6 is 23.1 Å². The maximum absolute atomic E-state index is 10.4. The van der Waals surface area contributed by atoms with Crippen LogP contribution in [-0.2, 0) is 4.79 Å². The lowest BCUT2D eigenvalue weighted by Gasteiger charge is -2.00. The van der Waals surface area contributed by atoms with Gasteiger partial charge in [-0.2, -0.15) is 0 Å². The lowest BCUT2D eigenvalue weighted by molar-refractivity contribution is -0.136. The molecule has 88 valence electrons. The second-order valence-electron chi connectivity index (χ2n) is 3.88. The van der Waals surface area contributed by atoms with E-state index in [1.165, 1.54) is 37.4 Å². The van der Waals surface area contributed by atoms with Gasteiger partial charge < -0.3 is 5.11 Å². The highest BCUT2D eigenvalue weighted by Gasteiger charge is 2.21. The fourth-order valence-electron chi connectivity index (χ4n) is 1.84. The summed E-state index contributed by atoms with van der Waals surface area (Å²) in [6.07, 6.45) is 5.24. The zero-order valence-corrected chi connectivity index (χ0v) is 10.5. The normalized spacial score (nSPS) is 16.8. The van der Waals surface area contributed by atoms with Crippen molar-refractivity contribution in [1.82, 2.24) is 10.2 Å². The molecule has 6 heteroatoms. The highest BCUT2D eigenvalue weighted by molar-refractivity contribution is 8.01. The van der Waals surface area contributed by atoms with E-state index >= 15 is 0 Å². The fraction of sp³-hybridized carbons (Fsp3) is 0.700. The molecule has 1 aromatic heterocycles. The number of carbonyl (C=O) groups is 1. The Morgan fingerprint density at radius 1 is 1.44 bits per heavy atom. The predicted molar refractivity (Wildman–Crippen MR) is 64.1 cm³/mol. The highest BCUT2D eigenvalue weighted by atomic mass is 32.2. The number of thioether (sulfide) groups is 1. The summed E-state index contributed by atoms with van der Waals surface area (Å²) in [6, 6.07) is 0. The third-order valence-electron chi connectivity index (χ3n) is 2.67. The van der Waals surface area contributed by atoms with Crippen LogP contribution in [0.1, 0.15) is 43.0 Å². The zero-order valence-electron chi connectivity index (χ0n) is 8.89. The summed E-state index contributed by atoms with van der Waals surface area (Å²) in [4.78, 5) is 10.4. The Kier molecular flexibility index (Phi) is 4.17. The van der Waals surface area contributed by atoms with Gasteiger partial charge in [0.2, 0.25) is 0 Å². The molecule has 0 bridgehead atoms. The van der Waals surface area contributed by atoms with E-state index in [4.69, 9.17) is 5.11 Å². The summed E-state index contributed by atoms with van der Waals surface area (Å²) in [7, 11) is 0. The summed E-state index contributed by atoms with van der Waals surface area (Å²) in [5.74, 6) is 0.425. The minimum atomic E-state index is -0.756. The van der Waals surface area contributed by atoms with Crippen LogP contribution in [0.2, 0.25) is 0 Å². The lowest BCUT2D eigenvalue weighted by Crippen LogP contribution is -1.95. The Morgan fingerprint density at radius 2 is 2.19 bits per heavy atom. The van der Waals surface area contributed by atoms with Crippen molar-refractivity contribution in [3.63, 3.8) is 0 Å². The molecule has 0 spiro atoms. The van der Waals surface area contributed by atoms with Crippen molar-refractivity contribution in [2.45, 2.75) is 42.4 Å². The number of aliphatic carboxylic acids is 1. The molecule has 0 aliphatic heterocycles. The van der Waals surface area contributed by atoms with Crippen molar-refractivity contribution in [3.05, 3.63) is 5.01 Å². The molecule has 0 unspecified atom stereocenters. The molecule has 4 nitrogen and oxygen atoms in total. The second kappa shape index (κ2) is 5.63. The van der Waals surface area contributed by atoms with E-state index < -0.39 is 5.97 Å². The maximum Gasteiger partial charge on any atom is 0.304 e. The van der Waals surface area contributed by atoms with E-state index in [0.29, 0.717) is 11.7 Å². The van der Waals surface area contributed by atoms with Gasteiger partial charge in [0.15, 0.2) is 4.34 Å². The van der Waals surface area contributed by atoms with Crippen LogP contribution in [0.5, 0.6) is 0 Å². The molecule has 1 aromatic rings. The molecule has 1 heterocycles. The number of nitrogens with zero attached hydrogens (tertiary/aromatic N) is 2. The van der Waals surface area contributed by atoms with Gasteiger partial charge in [-0.15, -0.1) is 10.2 Å². The van der Waals surface area contributed by atoms with Crippen LogP contribution in [0.25, 0.3) is 0 Å². The molecule has 1 saturated carbocycles. The van der Waals surface area contributed by atoms with Crippen molar-refractivity contribution >= 4 is 29.1 Å². The molecule has 1 aliphatic rings. The number of carboxylic acid groups (broad SMARTS) is 1. The SMILES string of the molecule is O=C(O)CCSc1nnc(C2CCCC2)s1. The Balaban J connectivity index is 1.84. The van der Waals surface area contributed by atoms with E-state index in [1.807, 2.05) is 0 Å². The quantitative estimate of drug-likeness (QED) is 0.823. The molecule has 0 amide bonds. The van der Waals surface area contributed by atoms with Crippen molar-refractivity contribution in [3.8, 4) is 0 Å². The summed E-state index contributed by atoms with van der Waals surface area (Å²) < 4.78 is 0.906. The van der Waals surface area contributed by atoms with Gasteiger partial charge in [0.05, 0.1) is 6.42 Å². The topological polar surface area (TPSA) is 63.1 Å². The van der Waals surface area contributed by atoms with E-state index in [-0.39, 0.29) is 6.42 Å². The van der Waals surface area contributed by atoms with Gasteiger partial charge in [0.1, 0.15) is 5.01 Å². The Labute approximate surface area is 102 Å². The predicted octanol–water partition coefficient (Wildman–Crippen LogP) is 2.76. The van der Waals surface area contributed by atoms with Crippen LogP contribution in [0.3, 0.4) is 0 Å². The lowest BCUT2D eigenvalue weighted by atomic mass is 10.1. The first-order chi connectivity index (χ1) is 7.75. The molecular formula is C10H14N2O2S2. The average Bonchev–Trinajstić information content (AvgIpc) is 2.85. The van der Waals surface area contributed by atoms with Gasteiger partial charge >= 0.3 is 5.97 Å². The Hall–Kier alpha value is -0.620. The molecule has 0 aromatic carbocycles. The highest BCUT2D eigenvalue weighted by Crippen LogP contribution is 2.37. The second-order valence-corrected chi connectivity index (χ2v) is 6.23. The van der Waals surface area contributed by atoms with Crippen LogP contribution in [0, 0.1) is 0 Å². The van der Waals surface area contributed by atoms with Crippen molar-refractivity contribution < 1.29 is 9.90 Å². The van der Waals surface area contributed by atoms with Crippen molar-refractivity contribution in [1.29, 1.82) is 0 Å². The first kappa shape index (κ1) is 11.9. The van der Waals surface area contributed by atoms with Crippen LogP contribution in [0.4, 0.5) is 0 Å². The van der Waals surface area contributed by atoms with Gasteiger partial charge in [0, 0.05) is 11.7 Å². The van der Waals surface area contributed by atoms with E-state index in [9.17, 15) is 4.79 Å². The molecule has 0 atom stereocenters. The fourth-order valence-corrected chi connectivity index (χ4v) is 3.88. The van der Waals surface area contributed by atoms with Gasteiger partial charge in [-0.05, 0) is 12.8 Å². The van der Waals surface area contributed by atoms with Crippen LogP contribution in [0.15, 0.2) is 4.34 Å². The largest absolute Gasteiger partial charge is 0.481 e. The van der Waals surface area contributed by atoms with Crippen LogP contribution in [-0.4, -0.2) is 27.0 Å². The number of hydrogen-bond donors (Lipinski definition) is 1. The molecule has 1 aliphatic carbocycles. The monoisotopic (exact) mass is 258 g/mol. The first-order valence-corrected chi connectivity index (χ1v) is 7.24. The number of carboxylic acids is 1. The molecule has 0 saturated heterocycles. The molecule has 2 rings (SSSR count). The molecular weight excluding hydrogens is 244 g/mol. The number of rotatable bonds is 5. The van der Waals surface area contributed by atoms with Crippen LogP contribution < -0.4 is 0 Å². The Bertz CT molecular complexity index is 361. The number of aromatic nitrogens is 2. The van der Waals surface area contributed by atoms with E-state index in [1.54, 1.807) is 11.3 Å². The third kappa shape index (κ3) is 3.18. The van der Waals surface area contributed by atoms with Gasteiger partial charge in [-0.1, -0.05) is 35.9 Å². The minimum absolute atomic E-state index is 0.184. The van der Waals surface area contributed by atoms with Crippen molar-refractivity contribution in [2.75, 3.05) is 5.75 Å². The summed E-state index contributed by atoms with van der Waals surface area (Å²) in [5.41, 5.74) is 0. The number of hydrogen-bond acceptors (Lipinski definition) is 5. The average molecular weight is 258 g/mol. The third-order valence-corrected chi connectivity index (χ3v) is 4.89. The zero-order chi connectivity index (χ0) is 11.4. The smallest absolute Gasteiger partial charge is 0.304 e. The Morgan fingerprint density at radius 3 is 2.88 bits per heavy atom. The molecule has 0 radical (unpaired) electrons. The summed E-state index contributed by atoms with van der Waals surface area (Å²) in [6.45, 7) is 0. The summed E-state index contributed by atoms with van der Waals surface area (Å²) >= 11 is 3.12. The minimum Gasteiger partial charge on any atom is -0.481 e. The first-order valence-electron chi connectivity index (χ1n) is 5.43. The van der Waals surface area contributed by atoms with E-state index in [2.05, 4.69) is 10.2 Å². The van der Waals surface area contributed by atoms with Crippen molar-refractivity contribution in [2.24, 2.45) is 0 Å². The van der Waals surface area contributed by atoms with Gasteiger partial charge in [-0.25, -0.2) is 0 Å². The summed E-state index contributed by atoms with van der Waals surface area (Å²) in [5, 5.41) is 18.0. The molecule has 1 N–H and O–H groups in total. The molecule has 16 heavy (non-hydrogen) atoms. The van der Waals surface area contributed by atoms with E-state index in [0.717, 1.165) is 9.35 Å². The van der Waals surface area contributed by atoms with Gasteiger partial charge in [0.25, 0.3) is 0 Å². The standard InChI is InChI=1S/C10H14N2O2S2/c13-8(14)5-6-15-10-12-11-9(16-10)7-3-1-2-4-7/h7H,1-6H2,(H,13,14). The maximum atomic E-state index is 10.4. The molecule has 1 fully saturated rings.